The topological polar surface area (TPSA) is 58.6 Å². The first-order valence-corrected chi connectivity index (χ1v) is 9.44. The highest BCUT2D eigenvalue weighted by Gasteiger charge is 2.41. The molecule has 0 aromatic heterocycles. The summed E-state index contributed by atoms with van der Waals surface area (Å²) >= 11 is 11.9. The Morgan fingerprint density at radius 2 is 1.59 bits per heavy atom. The number of hydrogen-bond donors (Lipinski definition) is 1. The van der Waals surface area contributed by atoms with E-state index in [-0.39, 0.29) is 5.92 Å². The van der Waals surface area contributed by atoms with Crippen molar-refractivity contribution >= 4 is 46.6 Å². The number of carbonyl (C=O) groups is 2. The van der Waals surface area contributed by atoms with Crippen molar-refractivity contribution in [3.8, 4) is 0 Å². The Hall–Kier alpha value is -2.24. The minimum atomic E-state index is -0.697. The van der Waals surface area contributed by atoms with E-state index in [0.29, 0.717) is 21.4 Å². The lowest BCUT2D eigenvalue weighted by Crippen LogP contribution is -2.53. The maximum absolute atomic E-state index is 13.1. The molecule has 1 atom stereocenters. The molecule has 3 rings (SSSR count). The number of ether oxygens (including phenoxy) is 1. The van der Waals surface area contributed by atoms with Gasteiger partial charge in [-0.25, -0.2) is 9.59 Å². The van der Waals surface area contributed by atoms with Crippen LogP contribution in [0.15, 0.2) is 48.5 Å². The van der Waals surface area contributed by atoms with Crippen LogP contribution in [0.3, 0.4) is 0 Å². The normalized spacial score (nSPS) is 14.8. The Morgan fingerprint density at radius 1 is 1.04 bits per heavy atom. The third-order valence-electron chi connectivity index (χ3n) is 4.74. The molecule has 0 saturated heterocycles. The molecule has 2 aromatic carbocycles. The Morgan fingerprint density at radius 3 is 2.07 bits per heavy atom. The summed E-state index contributed by atoms with van der Waals surface area (Å²) in [5, 5.41) is 3.96. The number of halogens is 2. The molecular formula is C20H20Cl2N2O3. The van der Waals surface area contributed by atoms with Crippen molar-refractivity contribution in [3.63, 3.8) is 0 Å². The van der Waals surface area contributed by atoms with Crippen molar-refractivity contribution in [1.29, 1.82) is 0 Å². The summed E-state index contributed by atoms with van der Waals surface area (Å²) in [4.78, 5) is 27.1. The van der Waals surface area contributed by atoms with Gasteiger partial charge in [-0.1, -0.05) is 29.6 Å². The van der Waals surface area contributed by atoms with Gasteiger partial charge in [0.2, 0.25) is 0 Å². The Bertz CT molecular complexity index is 805. The molecule has 1 saturated carbocycles. The van der Waals surface area contributed by atoms with E-state index in [1.807, 2.05) is 0 Å². The Labute approximate surface area is 168 Å². The third-order valence-corrected chi connectivity index (χ3v) is 5.24. The van der Waals surface area contributed by atoms with Crippen molar-refractivity contribution in [2.45, 2.75) is 25.3 Å². The fourth-order valence-corrected chi connectivity index (χ4v) is 3.36. The highest BCUT2D eigenvalue weighted by molar-refractivity contribution is 6.31. The average Bonchev–Trinajstić information content (AvgIpc) is 2.62. The highest BCUT2D eigenvalue weighted by atomic mass is 35.5. The van der Waals surface area contributed by atoms with Crippen LogP contribution < -0.4 is 10.2 Å². The molecular weight excluding hydrogens is 387 g/mol. The summed E-state index contributed by atoms with van der Waals surface area (Å²) in [6, 6.07) is 12.5. The number of benzene rings is 2. The smallest absolute Gasteiger partial charge is 0.329 e. The fourth-order valence-electron chi connectivity index (χ4n) is 3.11. The lowest BCUT2D eigenvalue weighted by Gasteiger charge is -2.39. The third kappa shape index (κ3) is 4.54. The second kappa shape index (κ2) is 8.63. The van der Waals surface area contributed by atoms with E-state index < -0.39 is 18.0 Å². The molecule has 5 nitrogen and oxygen atoms in total. The molecule has 1 fully saturated rings. The number of urea groups is 1. The molecule has 1 unspecified atom stereocenters. The van der Waals surface area contributed by atoms with E-state index in [4.69, 9.17) is 27.9 Å². The van der Waals surface area contributed by atoms with Gasteiger partial charge in [-0.2, -0.15) is 0 Å². The summed E-state index contributed by atoms with van der Waals surface area (Å²) in [6.45, 7) is 0. The maximum Gasteiger partial charge on any atom is 0.329 e. The number of amides is 2. The standard InChI is InChI=1S/C20H20Cl2N2O3/c1-27-19(25)18(13-3-2-4-13)24(17-11-7-15(22)8-12-17)20(26)23-16-9-5-14(21)6-10-16/h5-13,18H,2-4H2,1H3,(H,23,26). The van der Waals surface area contributed by atoms with E-state index in [1.54, 1.807) is 48.5 Å². The van der Waals surface area contributed by atoms with Gasteiger partial charge < -0.3 is 10.1 Å². The molecule has 2 amide bonds. The van der Waals surface area contributed by atoms with E-state index in [9.17, 15) is 9.59 Å². The summed E-state index contributed by atoms with van der Waals surface area (Å²) in [6.07, 6.45) is 2.78. The first kappa shape index (κ1) is 19.5. The lowest BCUT2D eigenvalue weighted by molar-refractivity contribution is -0.144. The highest BCUT2D eigenvalue weighted by Crippen LogP contribution is 2.35. The molecule has 0 radical (unpaired) electrons. The van der Waals surface area contributed by atoms with E-state index in [1.165, 1.54) is 12.0 Å². The van der Waals surface area contributed by atoms with E-state index in [2.05, 4.69) is 5.32 Å². The summed E-state index contributed by atoms with van der Waals surface area (Å²) < 4.78 is 5.01. The van der Waals surface area contributed by atoms with Gasteiger partial charge in [0.05, 0.1) is 7.11 Å². The zero-order valence-electron chi connectivity index (χ0n) is 14.8. The fraction of sp³-hybridized carbons (Fsp3) is 0.300. The van der Waals surface area contributed by atoms with Crippen LogP contribution in [0.25, 0.3) is 0 Å². The van der Waals surface area contributed by atoms with Gasteiger partial charge in [0, 0.05) is 21.4 Å². The molecule has 2 aromatic rings. The van der Waals surface area contributed by atoms with Crippen molar-refractivity contribution in [2.75, 3.05) is 17.3 Å². The number of hydrogen-bond acceptors (Lipinski definition) is 3. The molecule has 0 bridgehead atoms. The van der Waals surface area contributed by atoms with Crippen LogP contribution in [-0.2, 0) is 9.53 Å². The number of esters is 1. The molecule has 1 aliphatic rings. The van der Waals surface area contributed by atoms with Gasteiger partial charge >= 0.3 is 12.0 Å². The predicted molar refractivity (Wildman–Crippen MR) is 108 cm³/mol. The van der Waals surface area contributed by atoms with Gasteiger partial charge in [-0.3, -0.25) is 4.90 Å². The second-order valence-electron chi connectivity index (χ2n) is 6.44. The number of anilines is 2. The number of rotatable bonds is 5. The van der Waals surface area contributed by atoms with Crippen molar-refractivity contribution in [3.05, 3.63) is 58.6 Å². The number of nitrogens with one attached hydrogen (secondary N) is 1. The van der Waals surface area contributed by atoms with Crippen LogP contribution in [0.4, 0.5) is 16.2 Å². The molecule has 1 aliphatic carbocycles. The molecule has 1 N–H and O–H groups in total. The van der Waals surface area contributed by atoms with Gasteiger partial charge in [-0.05, 0) is 67.3 Å². The molecule has 0 spiro atoms. The molecule has 142 valence electrons. The van der Waals surface area contributed by atoms with Gasteiger partial charge in [0.15, 0.2) is 0 Å². The minimum Gasteiger partial charge on any atom is -0.467 e. The second-order valence-corrected chi connectivity index (χ2v) is 7.32. The van der Waals surface area contributed by atoms with Gasteiger partial charge in [-0.15, -0.1) is 0 Å². The molecule has 0 aliphatic heterocycles. The number of methoxy groups -OCH3 is 1. The molecule has 27 heavy (non-hydrogen) atoms. The zero-order valence-corrected chi connectivity index (χ0v) is 16.3. The zero-order chi connectivity index (χ0) is 19.4. The Kier molecular flexibility index (Phi) is 6.24. The van der Waals surface area contributed by atoms with Crippen molar-refractivity contribution in [1.82, 2.24) is 0 Å². The van der Waals surface area contributed by atoms with Crippen LogP contribution in [-0.4, -0.2) is 25.2 Å². The van der Waals surface area contributed by atoms with Crippen molar-refractivity contribution in [2.24, 2.45) is 5.92 Å². The van der Waals surface area contributed by atoms with Crippen LogP contribution >= 0.6 is 23.2 Å². The summed E-state index contributed by atoms with van der Waals surface area (Å²) in [7, 11) is 1.34. The predicted octanol–water partition coefficient (Wildman–Crippen LogP) is 5.37. The van der Waals surface area contributed by atoms with Gasteiger partial charge in [0.25, 0.3) is 0 Å². The summed E-state index contributed by atoms with van der Waals surface area (Å²) in [5.41, 5.74) is 1.16. The van der Waals surface area contributed by atoms with Crippen molar-refractivity contribution < 1.29 is 14.3 Å². The Balaban J connectivity index is 1.94. The minimum absolute atomic E-state index is 0.0593. The van der Waals surface area contributed by atoms with Gasteiger partial charge in [0.1, 0.15) is 6.04 Å². The van der Waals surface area contributed by atoms with Crippen LogP contribution in [0.2, 0.25) is 10.0 Å². The first-order chi connectivity index (χ1) is 13.0. The first-order valence-electron chi connectivity index (χ1n) is 8.69. The van der Waals surface area contributed by atoms with Crippen LogP contribution in [0.1, 0.15) is 19.3 Å². The largest absolute Gasteiger partial charge is 0.467 e. The molecule has 0 heterocycles. The maximum atomic E-state index is 13.1. The van der Waals surface area contributed by atoms with Crippen LogP contribution in [0, 0.1) is 5.92 Å². The monoisotopic (exact) mass is 406 g/mol. The summed E-state index contributed by atoms with van der Waals surface area (Å²) in [5.74, 6) is -0.370. The average molecular weight is 407 g/mol. The number of carbonyl (C=O) groups excluding carboxylic acids is 2. The SMILES string of the molecule is COC(=O)C(C1CCC1)N(C(=O)Nc1ccc(Cl)cc1)c1ccc(Cl)cc1. The van der Waals surface area contributed by atoms with E-state index >= 15 is 0 Å². The quantitative estimate of drug-likeness (QED) is 0.678. The van der Waals surface area contributed by atoms with E-state index in [0.717, 1.165) is 19.3 Å². The lowest BCUT2D eigenvalue weighted by atomic mass is 9.79. The van der Waals surface area contributed by atoms with Crippen LogP contribution in [0.5, 0.6) is 0 Å². The molecule has 7 heteroatoms. The number of nitrogens with zero attached hydrogens (tertiary/aromatic N) is 1.